The first kappa shape index (κ1) is 22.1. The normalized spacial score (nSPS) is 17.3. The van der Waals surface area contributed by atoms with E-state index in [2.05, 4.69) is 29.1 Å². The van der Waals surface area contributed by atoms with Crippen molar-refractivity contribution in [1.82, 2.24) is 10.2 Å². The molecule has 0 saturated carbocycles. The third kappa shape index (κ3) is 6.09. The van der Waals surface area contributed by atoms with Gasteiger partial charge in [0.25, 0.3) is 0 Å². The lowest BCUT2D eigenvalue weighted by Crippen LogP contribution is -2.41. The molecular formula is C17H27FIN3O2S. The Kier molecular flexibility index (Phi) is 8.11. The van der Waals surface area contributed by atoms with Crippen LogP contribution in [0.1, 0.15) is 27.2 Å². The Labute approximate surface area is 167 Å². The van der Waals surface area contributed by atoms with Crippen molar-refractivity contribution in [1.29, 1.82) is 0 Å². The van der Waals surface area contributed by atoms with Gasteiger partial charge in [0.15, 0.2) is 15.8 Å². The summed E-state index contributed by atoms with van der Waals surface area (Å²) in [6.45, 7) is 9.01. The van der Waals surface area contributed by atoms with E-state index < -0.39 is 15.7 Å². The maximum absolute atomic E-state index is 13.7. The molecule has 1 saturated heterocycles. The molecule has 1 aliphatic heterocycles. The van der Waals surface area contributed by atoms with E-state index in [4.69, 9.17) is 0 Å². The summed E-state index contributed by atoms with van der Waals surface area (Å²) in [5.74, 6) is -0.193. The number of guanidine groups is 1. The summed E-state index contributed by atoms with van der Waals surface area (Å²) in [5.41, 5.74) is 0.232. The number of benzene rings is 1. The van der Waals surface area contributed by atoms with E-state index in [1.54, 1.807) is 0 Å². The van der Waals surface area contributed by atoms with E-state index in [0.717, 1.165) is 38.1 Å². The summed E-state index contributed by atoms with van der Waals surface area (Å²) in [7, 11) is -3.68. The minimum atomic E-state index is -3.68. The number of rotatable bonds is 5. The molecule has 1 heterocycles. The van der Waals surface area contributed by atoms with Gasteiger partial charge < -0.3 is 10.2 Å². The van der Waals surface area contributed by atoms with Gasteiger partial charge in [-0.1, -0.05) is 26.0 Å². The van der Waals surface area contributed by atoms with Crippen LogP contribution in [0, 0.1) is 11.2 Å². The summed E-state index contributed by atoms with van der Waals surface area (Å²) >= 11 is 0. The quantitative estimate of drug-likeness (QED) is 0.398. The van der Waals surface area contributed by atoms with Crippen LogP contribution >= 0.6 is 24.0 Å². The number of hydrogen-bond acceptors (Lipinski definition) is 3. The van der Waals surface area contributed by atoms with E-state index in [1.165, 1.54) is 18.2 Å². The highest BCUT2D eigenvalue weighted by molar-refractivity contribution is 14.0. The molecule has 0 amide bonds. The van der Waals surface area contributed by atoms with E-state index in [1.807, 2.05) is 6.92 Å². The molecule has 142 valence electrons. The molecule has 2 rings (SSSR count). The number of nitrogens with zero attached hydrogens (tertiary/aromatic N) is 2. The van der Waals surface area contributed by atoms with E-state index >= 15 is 0 Å². The van der Waals surface area contributed by atoms with Crippen molar-refractivity contribution < 1.29 is 12.8 Å². The number of sulfone groups is 1. The van der Waals surface area contributed by atoms with Gasteiger partial charge in [0.2, 0.25) is 0 Å². The van der Waals surface area contributed by atoms with E-state index in [9.17, 15) is 12.8 Å². The second kappa shape index (κ2) is 9.16. The number of hydrogen-bond donors (Lipinski definition) is 1. The highest BCUT2D eigenvalue weighted by Gasteiger charge is 2.31. The molecule has 0 radical (unpaired) electrons. The Morgan fingerprint density at radius 1 is 1.36 bits per heavy atom. The Morgan fingerprint density at radius 3 is 2.60 bits per heavy atom. The zero-order valence-corrected chi connectivity index (χ0v) is 18.1. The zero-order chi connectivity index (χ0) is 17.8. The molecule has 1 fully saturated rings. The van der Waals surface area contributed by atoms with E-state index in [-0.39, 0.29) is 46.6 Å². The summed E-state index contributed by atoms with van der Waals surface area (Å²) in [6, 6.07) is 5.45. The molecule has 1 aliphatic rings. The van der Waals surface area contributed by atoms with Gasteiger partial charge in [-0.2, -0.15) is 0 Å². The average molecular weight is 483 g/mol. The third-order valence-corrected chi connectivity index (χ3v) is 5.83. The molecule has 1 N–H and O–H groups in total. The predicted molar refractivity (Wildman–Crippen MR) is 110 cm³/mol. The monoisotopic (exact) mass is 483 g/mol. The van der Waals surface area contributed by atoms with Crippen LogP contribution in [-0.2, 0) is 9.84 Å². The molecule has 1 aromatic carbocycles. The molecule has 25 heavy (non-hydrogen) atoms. The van der Waals surface area contributed by atoms with Crippen LogP contribution in [0.4, 0.5) is 4.39 Å². The van der Waals surface area contributed by atoms with Crippen molar-refractivity contribution >= 4 is 39.8 Å². The van der Waals surface area contributed by atoms with Gasteiger partial charge in [-0.25, -0.2) is 12.8 Å². The smallest absolute Gasteiger partial charge is 0.193 e. The van der Waals surface area contributed by atoms with Crippen molar-refractivity contribution in [3.63, 3.8) is 0 Å². The lowest BCUT2D eigenvalue weighted by Gasteiger charge is -2.23. The fraction of sp³-hybridized carbons (Fsp3) is 0.588. The number of likely N-dealkylation sites (tertiary alicyclic amines) is 1. The van der Waals surface area contributed by atoms with Crippen LogP contribution in [0.15, 0.2) is 34.2 Å². The fourth-order valence-corrected chi connectivity index (χ4v) is 4.00. The van der Waals surface area contributed by atoms with Crippen LogP contribution in [0.25, 0.3) is 0 Å². The molecule has 0 aromatic heterocycles. The molecule has 0 atom stereocenters. The molecule has 5 nitrogen and oxygen atoms in total. The SMILES string of the molecule is CCNC(=NCCS(=O)(=O)c1ccccc1F)N1CCC(C)(C)C1.I. The summed E-state index contributed by atoms with van der Waals surface area (Å²) in [6.07, 6.45) is 1.07. The maximum Gasteiger partial charge on any atom is 0.193 e. The van der Waals surface area contributed by atoms with E-state index in [0.29, 0.717) is 0 Å². The Hall–Kier alpha value is -0.900. The maximum atomic E-state index is 13.7. The van der Waals surface area contributed by atoms with Crippen LogP contribution in [0.3, 0.4) is 0 Å². The lowest BCUT2D eigenvalue weighted by atomic mass is 9.93. The number of halogens is 2. The van der Waals surface area contributed by atoms with Gasteiger partial charge in [-0.05, 0) is 30.9 Å². The second-order valence-electron chi connectivity index (χ2n) is 6.82. The topological polar surface area (TPSA) is 61.8 Å². The third-order valence-electron chi connectivity index (χ3n) is 4.11. The number of aliphatic imine (C=N–C) groups is 1. The van der Waals surface area contributed by atoms with Crippen molar-refractivity contribution in [2.45, 2.75) is 32.1 Å². The van der Waals surface area contributed by atoms with Gasteiger partial charge in [0.05, 0.1) is 12.3 Å². The fourth-order valence-electron chi connectivity index (χ4n) is 2.80. The Bertz CT molecular complexity index is 708. The molecule has 8 heteroatoms. The molecule has 0 bridgehead atoms. The molecule has 0 spiro atoms. The van der Waals surface area contributed by atoms with Crippen LogP contribution < -0.4 is 5.32 Å². The average Bonchev–Trinajstić information content (AvgIpc) is 2.86. The minimum Gasteiger partial charge on any atom is -0.357 e. The first-order valence-electron chi connectivity index (χ1n) is 8.26. The first-order valence-corrected chi connectivity index (χ1v) is 9.91. The summed E-state index contributed by atoms with van der Waals surface area (Å²) in [4.78, 5) is 6.33. The standard InChI is InChI=1S/C17H26FN3O2S.HI/c1-4-19-16(21-11-9-17(2,3)13-21)20-10-12-24(22,23)15-8-6-5-7-14(15)18;/h5-8H,4,9-13H2,1-3H3,(H,19,20);1H. The highest BCUT2D eigenvalue weighted by Crippen LogP contribution is 2.28. The van der Waals surface area contributed by atoms with Crippen LogP contribution in [-0.4, -0.2) is 51.2 Å². The second-order valence-corrected chi connectivity index (χ2v) is 8.90. The molecule has 0 unspecified atom stereocenters. The van der Waals surface area contributed by atoms with Crippen LogP contribution in [0.2, 0.25) is 0 Å². The summed E-state index contributed by atoms with van der Waals surface area (Å²) in [5, 5.41) is 3.21. The van der Waals surface area contributed by atoms with Gasteiger partial charge in [-0.3, -0.25) is 4.99 Å². The number of nitrogens with one attached hydrogen (secondary N) is 1. The molecule has 1 aromatic rings. The predicted octanol–water partition coefficient (Wildman–Crippen LogP) is 2.91. The highest BCUT2D eigenvalue weighted by atomic mass is 127. The minimum absolute atomic E-state index is 0. The largest absolute Gasteiger partial charge is 0.357 e. The van der Waals surface area contributed by atoms with Crippen molar-refractivity contribution in [3.8, 4) is 0 Å². The summed E-state index contributed by atoms with van der Waals surface area (Å²) < 4.78 is 38.2. The van der Waals surface area contributed by atoms with Gasteiger partial charge in [0.1, 0.15) is 10.7 Å². The van der Waals surface area contributed by atoms with Crippen molar-refractivity contribution in [3.05, 3.63) is 30.1 Å². The van der Waals surface area contributed by atoms with Gasteiger partial charge in [-0.15, -0.1) is 24.0 Å². The van der Waals surface area contributed by atoms with Crippen LogP contribution in [0.5, 0.6) is 0 Å². The zero-order valence-electron chi connectivity index (χ0n) is 15.0. The first-order chi connectivity index (χ1) is 11.2. The lowest BCUT2D eigenvalue weighted by molar-refractivity contribution is 0.370. The van der Waals surface area contributed by atoms with Crippen molar-refractivity contribution in [2.24, 2.45) is 10.4 Å². The molecular weight excluding hydrogens is 456 g/mol. The molecule has 0 aliphatic carbocycles. The van der Waals surface area contributed by atoms with Crippen molar-refractivity contribution in [2.75, 3.05) is 31.9 Å². The Morgan fingerprint density at radius 2 is 2.04 bits per heavy atom. The van der Waals surface area contributed by atoms with Gasteiger partial charge >= 0.3 is 0 Å². The Balaban J connectivity index is 0.00000312. The van der Waals surface area contributed by atoms with Gasteiger partial charge in [0, 0.05) is 19.6 Å².